The number of carbonyl (C=O) groups excluding carboxylic acids is 1. The van der Waals surface area contributed by atoms with E-state index < -0.39 is 17.5 Å². The van der Waals surface area contributed by atoms with Crippen LogP contribution in [0.3, 0.4) is 0 Å². The SMILES string of the molecule is COc1cnc2c(N(C)C)c(C(=O)N[C@H]3CCOc4ccccc43)cnc2c1-c1cc(F)cc(F)c1F. The smallest absolute Gasteiger partial charge is 0.255 e. The zero-order valence-electron chi connectivity index (χ0n) is 20.3. The van der Waals surface area contributed by atoms with Gasteiger partial charge in [-0.15, -0.1) is 0 Å². The van der Waals surface area contributed by atoms with Crippen LogP contribution in [-0.4, -0.2) is 43.7 Å². The summed E-state index contributed by atoms with van der Waals surface area (Å²) in [4.78, 5) is 24.0. The number of rotatable bonds is 5. The van der Waals surface area contributed by atoms with Gasteiger partial charge in [0.05, 0.1) is 42.8 Å². The standard InChI is InChI=1S/C27H23F3N4O3/c1-34(2)26-17(27(35)33-19-8-9-37-20-7-5-4-6-15(19)20)12-31-24-22(21(36-3)13-32-25(24)26)16-10-14(28)11-18(29)23(16)30/h4-7,10-13,19H,8-9H2,1-3H3,(H,33,35)/t19-/m0/s1. The van der Waals surface area contributed by atoms with Crippen LogP contribution < -0.4 is 19.7 Å². The maximum Gasteiger partial charge on any atom is 0.255 e. The first-order chi connectivity index (χ1) is 17.8. The van der Waals surface area contributed by atoms with Crippen LogP contribution in [0.5, 0.6) is 11.5 Å². The van der Waals surface area contributed by atoms with Gasteiger partial charge >= 0.3 is 0 Å². The third kappa shape index (κ3) is 4.28. The van der Waals surface area contributed by atoms with Gasteiger partial charge in [0.2, 0.25) is 0 Å². The van der Waals surface area contributed by atoms with Gasteiger partial charge in [-0.3, -0.25) is 9.78 Å². The quantitative estimate of drug-likeness (QED) is 0.381. The normalized spacial score (nSPS) is 14.6. The van der Waals surface area contributed by atoms with Crippen LogP contribution in [0.15, 0.2) is 48.8 Å². The Balaban J connectivity index is 1.65. The lowest BCUT2D eigenvalue weighted by Crippen LogP contribution is -2.33. The summed E-state index contributed by atoms with van der Waals surface area (Å²) >= 11 is 0. The minimum absolute atomic E-state index is 0.0248. The molecular formula is C27H23F3N4O3. The molecule has 3 heterocycles. The first kappa shape index (κ1) is 24.4. The van der Waals surface area contributed by atoms with Gasteiger partial charge in [0.15, 0.2) is 11.6 Å². The molecule has 1 N–H and O–H groups in total. The van der Waals surface area contributed by atoms with Crippen LogP contribution >= 0.6 is 0 Å². The number of hydrogen-bond acceptors (Lipinski definition) is 6. The van der Waals surface area contributed by atoms with E-state index in [1.807, 2.05) is 24.3 Å². The minimum Gasteiger partial charge on any atom is -0.494 e. The van der Waals surface area contributed by atoms with E-state index in [9.17, 15) is 18.0 Å². The van der Waals surface area contributed by atoms with E-state index >= 15 is 0 Å². The van der Waals surface area contributed by atoms with Gasteiger partial charge < -0.3 is 19.7 Å². The number of nitrogens with one attached hydrogen (secondary N) is 1. The number of methoxy groups -OCH3 is 1. The molecule has 0 spiro atoms. The molecule has 1 aliphatic heterocycles. The van der Waals surface area contributed by atoms with Crippen LogP contribution in [0.2, 0.25) is 0 Å². The Morgan fingerprint density at radius 2 is 1.86 bits per heavy atom. The zero-order valence-corrected chi connectivity index (χ0v) is 20.3. The molecule has 0 bridgehead atoms. The van der Waals surface area contributed by atoms with Crippen LogP contribution in [-0.2, 0) is 0 Å². The highest BCUT2D eigenvalue weighted by atomic mass is 19.2. The maximum absolute atomic E-state index is 14.8. The van der Waals surface area contributed by atoms with E-state index in [-0.39, 0.29) is 45.4 Å². The molecule has 10 heteroatoms. The molecular weight excluding hydrogens is 485 g/mol. The predicted octanol–water partition coefficient (Wildman–Crippen LogP) is 5.04. The molecule has 0 unspecified atom stereocenters. The molecule has 0 saturated carbocycles. The third-order valence-corrected chi connectivity index (χ3v) is 6.26. The van der Waals surface area contributed by atoms with E-state index in [4.69, 9.17) is 9.47 Å². The third-order valence-electron chi connectivity index (χ3n) is 6.26. The first-order valence-corrected chi connectivity index (χ1v) is 11.5. The van der Waals surface area contributed by atoms with Crippen molar-refractivity contribution in [1.82, 2.24) is 15.3 Å². The Morgan fingerprint density at radius 3 is 2.62 bits per heavy atom. The molecule has 4 aromatic rings. The average Bonchev–Trinajstić information content (AvgIpc) is 2.89. The first-order valence-electron chi connectivity index (χ1n) is 11.5. The second kappa shape index (κ2) is 9.61. The van der Waals surface area contributed by atoms with Gasteiger partial charge in [-0.2, -0.15) is 0 Å². The van der Waals surface area contributed by atoms with Crippen LogP contribution in [0.25, 0.3) is 22.2 Å². The number of hydrogen-bond donors (Lipinski definition) is 1. The van der Waals surface area contributed by atoms with E-state index in [1.54, 1.807) is 19.0 Å². The largest absolute Gasteiger partial charge is 0.494 e. The van der Waals surface area contributed by atoms with E-state index in [1.165, 1.54) is 19.5 Å². The van der Waals surface area contributed by atoms with Crippen molar-refractivity contribution in [3.8, 4) is 22.6 Å². The highest BCUT2D eigenvalue weighted by Crippen LogP contribution is 2.40. The summed E-state index contributed by atoms with van der Waals surface area (Å²) in [5.74, 6) is -3.15. The van der Waals surface area contributed by atoms with E-state index in [0.717, 1.165) is 11.6 Å². The monoisotopic (exact) mass is 508 g/mol. The lowest BCUT2D eigenvalue weighted by molar-refractivity contribution is 0.0925. The number of carbonyl (C=O) groups is 1. The molecule has 5 rings (SSSR count). The lowest BCUT2D eigenvalue weighted by atomic mass is 9.99. The Morgan fingerprint density at radius 1 is 1.11 bits per heavy atom. The average molecular weight is 509 g/mol. The van der Waals surface area contributed by atoms with E-state index in [0.29, 0.717) is 30.5 Å². The Hall–Kier alpha value is -4.34. The molecule has 2 aromatic heterocycles. The number of para-hydroxylation sites is 1. The molecule has 0 saturated heterocycles. The fourth-order valence-corrected chi connectivity index (χ4v) is 4.60. The molecule has 190 valence electrons. The van der Waals surface area contributed by atoms with Crippen molar-refractivity contribution >= 4 is 22.6 Å². The number of pyridine rings is 2. The number of anilines is 1. The van der Waals surface area contributed by atoms with E-state index in [2.05, 4.69) is 15.3 Å². The number of amides is 1. The summed E-state index contributed by atoms with van der Waals surface area (Å²) in [7, 11) is 4.78. The summed E-state index contributed by atoms with van der Waals surface area (Å²) in [6.45, 7) is 0.457. The summed E-state index contributed by atoms with van der Waals surface area (Å²) < 4.78 is 54.0. The van der Waals surface area contributed by atoms with Crippen LogP contribution in [0.1, 0.15) is 28.4 Å². The van der Waals surface area contributed by atoms with Crippen molar-refractivity contribution in [3.05, 3.63) is 77.4 Å². The number of benzene rings is 2. The van der Waals surface area contributed by atoms with Crippen molar-refractivity contribution < 1.29 is 27.4 Å². The number of fused-ring (bicyclic) bond motifs is 2. The topological polar surface area (TPSA) is 76.6 Å². The molecule has 1 atom stereocenters. The van der Waals surface area contributed by atoms with Gasteiger partial charge in [0, 0.05) is 43.9 Å². The summed E-state index contributed by atoms with van der Waals surface area (Å²) in [5, 5.41) is 3.05. The molecule has 1 aliphatic rings. The van der Waals surface area contributed by atoms with Crippen molar-refractivity contribution in [3.63, 3.8) is 0 Å². The van der Waals surface area contributed by atoms with Crippen molar-refractivity contribution in [2.45, 2.75) is 12.5 Å². The van der Waals surface area contributed by atoms with Gasteiger partial charge in [-0.25, -0.2) is 18.2 Å². The number of nitrogens with zero attached hydrogens (tertiary/aromatic N) is 3. The number of ether oxygens (including phenoxy) is 2. The Labute approximate surface area is 210 Å². The predicted molar refractivity (Wildman–Crippen MR) is 132 cm³/mol. The van der Waals surface area contributed by atoms with Crippen LogP contribution in [0, 0.1) is 17.5 Å². The minimum atomic E-state index is -1.34. The van der Waals surface area contributed by atoms with Gasteiger partial charge in [0.1, 0.15) is 28.3 Å². The highest BCUT2D eigenvalue weighted by molar-refractivity contribution is 6.09. The van der Waals surface area contributed by atoms with Gasteiger partial charge in [0.25, 0.3) is 5.91 Å². The highest BCUT2D eigenvalue weighted by Gasteiger charge is 2.28. The second-order valence-electron chi connectivity index (χ2n) is 8.76. The van der Waals surface area contributed by atoms with Crippen molar-refractivity contribution in [2.24, 2.45) is 0 Å². The van der Waals surface area contributed by atoms with Gasteiger partial charge in [-0.05, 0) is 12.1 Å². The van der Waals surface area contributed by atoms with Crippen molar-refractivity contribution in [1.29, 1.82) is 0 Å². The molecule has 1 amide bonds. The summed E-state index contributed by atoms with van der Waals surface area (Å²) in [5.41, 5.74) is 1.53. The molecule has 0 fully saturated rings. The fourth-order valence-electron chi connectivity index (χ4n) is 4.60. The molecule has 0 radical (unpaired) electrons. The van der Waals surface area contributed by atoms with Gasteiger partial charge in [-0.1, -0.05) is 18.2 Å². The second-order valence-corrected chi connectivity index (χ2v) is 8.76. The lowest BCUT2D eigenvalue weighted by Gasteiger charge is -2.27. The maximum atomic E-state index is 14.8. The number of halogens is 3. The summed E-state index contributed by atoms with van der Waals surface area (Å²) in [6, 6.07) is 8.56. The Kier molecular flexibility index (Phi) is 6.32. The molecule has 0 aliphatic carbocycles. The number of aromatic nitrogens is 2. The summed E-state index contributed by atoms with van der Waals surface area (Å²) in [6.07, 6.45) is 3.24. The Bertz CT molecular complexity index is 1530. The fraction of sp³-hybridized carbons (Fsp3) is 0.222. The molecule has 37 heavy (non-hydrogen) atoms. The van der Waals surface area contributed by atoms with Crippen molar-refractivity contribution in [2.75, 3.05) is 32.7 Å². The zero-order chi connectivity index (χ0) is 26.3. The van der Waals surface area contributed by atoms with Crippen LogP contribution in [0.4, 0.5) is 18.9 Å². The molecule has 7 nitrogen and oxygen atoms in total. The molecule has 2 aromatic carbocycles.